The molecule has 2 rings (SSSR count). The topological polar surface area (TPSA) is 53.3 Å². The van der Waals surface area contributed by atoms with Gasteiger partial charge in [0.25, 0.3) is 0 Å². The number of rotatable bonds is 4. The Balaban J connectivity index is 2.13. The molecule has 0 aliphatic carbocycles. The maximum Gasteiger partial charge on any atom is 0.348 e. The molecule has 0 aliphatic rings. The summed E-state index contributed by atoms with van der Waals surface area (Å²) in [5, 5.41) is 9.06. The normalized spacial score (nSPS) is 10.3. The van der Waals surface area contributed by atoms with Crippen LogP contribution in [0.4, 0.5) is 5.69 Å². The summed E-state index contributed by atoms with van der Waals surface area (Å²) in [6.07, 6.45) is 1.51. The van der Waals surface area contributed by atoms with Crippen molar-refractivity contribution in [3.05, 3.63) is 70.8 Å². The van der Waals surface area contributed by atoms with Gasteiger partial charge in [-0.05, 0) is 55.0 Å². The van der Waals surface area contributed by atoms with E-state index in [4.69, 9.17) is 10.00 Å². The minimum Gasteiger partial charge on any atom is -0.462 e. The van der Waals surface area contributed by atoms with E-state index in [9.17, 15) is 4.79 Å². The van der Waals surface area contributed by atoms with E-state index in [-0.39, 0.29) is 12.2 Å². The second-order valence-electron chi connectivity index (χ2n) is 5.70. The van der Waals surface area contributed by atoms with Gasteiger partial charge in [0.05, 0.1) is 6.61 Å². The van der Waals surface area contributed by atoms with Crippen molar-refractivity contribution in [2.24, 2.45) is 0 Å². The third kappa shape index (κ3) is 5.26. The highest BCUT2D eigenvalue weighted by atomic mass is 16.5. The minimum atomic E-state index is -0.611. The van der Waals surface area contributed by atoms with E-state index in [1.165, 1.54) is 6.08 Å². The Labute approximate surface area is 154 Å². The van der Waals surface area contributed by atoms with Crippen LogP contribution in [0.25, 0.3) is 6.08 Å². The van der Waals surface area contributed by atoms with Crippen LogP contribution in [0.15, 0.2) is 54.1 Å². The summed E-state index contributed by atoms with van der Waals surface area (Å²) in [6, 6.07) is 17.2. The highest BCUT2D eigenvalue weighted by Crippen LogP contribution is 2.12. The van der Waals surface area contributed by atoms with Crippen molar-refractivity contribution < 1.29 is 9.53 Å². The van der Waals surface area contributed by atoms with Gasteiger partial charge >= 0.3 is 5.97 Å². The van der Waals surface area contributed by atoms with E-state index < -0.39 is 5.97 Å². The molecule has 0 aliphatic heterocycles. The molecule has 0 spiro atoms. The third-order valence-corrected chi connectivity index (χ3v) is 3.57. The molecule has 26 heavy (non-hydrogen) atoms. The first-order chi connectivity index (χ1) is 12.5. The summed E-state index contributed by atoms with van der Waals surface area (Å²) in [5.41, 5.74) is 3.64. The fourth-order valence-electron chi connectivity index (χ4n) is 2.16. The molecule has 0 fully saturated rings. The predicted octanol–water partition coefficient (Wildman–Crippen LogP) is 3.62. The molecule has 2 aromatic carbocycles. The van der Waals surface area contributed by atoms with E-state index in [1.54, 1.807) is 6.92 Å². The van der Waals surface area contributed by atoms with Crippen LogP contribution in [0.3, 0.4) is 0 Å². The van der Waals surface area contributed by atoms with Crippen LogP contribution in [-0.4, -0.2) is 26.7 Å². The number of carbonyl (C=O) groups is 1. The summed E-state index contributed by atoms with van der Waals surface area (Å²) < 4.78 is 4.85. The SMILES string of the molecule is CCOC(=O)/C(C#N)=C/c1ccc(C#Cc2ccc(N(C)C)cc2)cc1. The smallest absolute Gasteiger partial charge is 0.348 e. The van der Waals surface area contributed by atoms with Gasteiger partial charge in [-0.25, -0.2) is 4.79 Å². The lowest BCUT2D eigenvalue weighted by Crippen LogP contribution is -2.07. The number of nitriles is 1. The van der Waals surface area contributed by atoms with Crippen molar-refractivity contribution in [2.45, 2.75) is 6.92 Å². The second kappa shape index (κ2) is 9.11. The molecule has 0 N–H and O–H groups in total. The molecule has 0 heterocycles. The second-order valence-corrected chi connectivity index (χ2v) is 5.70. The average Bonchev–Trinajstić information content (AvgIpc) is 2.65. The molecule has 0 unspecified atom stereocenters. The molecule has 0 radical (unpaired) electrons. The van der Waals surface area contributed by atoms with Crippen molar-refractivity contribution >= 4 is 17.7 Å². The van der Waals surface area contributed by atoms with Gasteiger partial charge in [0.15, 0.2) is 0 Å². The first-order valence-corrected chi connectivity index (χ1v) is 8.22. The van der Waals surface area contributed by atoms with Gasteiger partial charge in [-0.15, -0.1) is 0 Å². The van der Waals surface area contributed by atoms with Crippen molar-refractivity contribution in [1.82, 2.24) is 0 Å². The highest BCUT2D eigenvalue weighted by Gasteiger charge is 2.09. The van der Waals surface area contributed by atoms with Crippen molar-refractivity contribution in [3.63, 3.8) is 0 Å². The molecule has 0 amide bonds. The van der Waals surface area contributed by atoms with Crippen LogP contribution < -0.4 is 4.90 Å². The number of hydrogen-bond donors (Lipinski definition) is 0. The monoisotopic (exact) mass is 344 g/mol. The summed E-state index contributed by atoms with van der Waals surface area (Å²) in [4.78, 5) is 13.7. The van der Waals surface area contributed by atoms with Gasteiger partial charge in [-0.3, -0.25) is 0 Å². The lowest BCUT2D eigenvalue weighted by atomic mass is 10.1. The van der Waals surface area contributed by atoms with Crippen LogP contribution in [0.2, 0.25) is 0 Å². The molecule has 2 aromatic rings. The zero-order valence-electron chi connectivity index (χ0n) is 15.1. The molecule has 0 saturated carbocycles. The van der Waals surface area contributed by atoms with Crippen molar-refractivity contribution in [2.75, 3.05) is 25.6 Å². The predicted molar refractivity (Wildman–Crippen MR) is 103 cm³/mol. The molecule has 4 heteroatoms. The fourth-order valence-corrected chi connectivity index (χ4v) is 2.16. The zero-order chi connectivity index (χ0) is 18.9. The van der Waals surface area contributed by atoms with Crippen LogP contribution in [0, 0.1) is 23.2 Å². The van der Waals surface area contributed by atoms with Crippen LogP contribution in [0.5, 0.6) is 0 Å². The van der Waals surface area contributed by atoms with Gasteiger partial charge < -0.3 is 9.64 Å². The first kappa shape index (κ1) is 18.8. The lowest BCUT2D eigenvalue weighted by molar-refractivity contribution is -0.137. The Morgan fingerprint density at radius 3 is 2.04 bits per heavy atom. The summed E-state index contributed by atoms with van der Waals surface area (Å²) in [6.45, 7) is 1.94. The molecule has 0 aromatic heterocycles. The number of benzene rings is 2. The van der Waals surface area contributed by atoms with Crippen molar-refractivity contribution in [3.8, 4) is 17.9 Å². The van der Waals surface area contributed by atoms with Crippen LogP contribution in [0.1, 0.15) is 23.6 Å². The van der Waals surface area contributed by atoms with E-state index in [2.05, 4.69) is 11.8 Å². The maximum atomic E-state index is 11.6. The molecule has 130 valence electrons. The Hall–Kier alpha value is -3.50. The number of anilines is 1. The fraction of sp³-hybridized carbons (Fsp3) is 0.182. The Morgan fingerprint density at radius 2 is 1.58 bits per heavy atom. The minimum absolute atomic E-state index is 0.0216. The molecular formula is C22H20N2O2. The zero-order valence-corrected chi connectivity index (χ0v) is 15.1. The molecule has 0 bridgehead atoms. The van der Waals surface area contributed by atoms with E-state index >= 15 is 0 Å². The standard InChI is InChI=1S/C22H20N2O2/c1-4-26-22(25)20(16-23)15-19-9-7-17(8-10-19)5-6-18-11-13-21(14-12-18)24(2)3/h7-15H,4H2,1-3H3/b20-15+. The maximum absolute atomic E-state index is 11.6. The number of carbonyl (C=O) groups excluding carboxylic acids is 1. The van der Waals surface area contributed by atoms with E-state index in [1.807, 2.05) is 73.6 Å². The van der Waals surface area contributed by atoms with Gasteiger partial charge in [0.2, 0.25) is 0 Å². The van der Waals surface area contributed by atoms with E-state index in [0.717, 1.165) is 22.4 Å². The molecular weight excluding hydrogens is 324 g/mol. The molecule has 4 nitrogen and oxygen atoms in total. The third-order valence-electron chi connectivity index (χ3n) is 3.57. The molecule has 0 atom stereocenters. The molecule has 0 saturated heterocycles. The van der Waals surface area contributed by atoms with Crippen molar-refractivity contribution in [1.29, 1.82) is 5.26 Å². The summed E-state index contributed by atoms with van der Waals surface area (Å²) in [5.74, 6) is 5.62. The van der Waals surface area contributed by atoms with Crippen LogP contribution >= 0.6 is 0 Å². The van der Waals surface area contributed by atoms with Gasteiger partial charge in [0, 0.05) is 30.9 Å². The van der Waals surface area contributed by atoms with Gasteiger partial charge in [0.1, 0.15) is 11.6 Å². The van der Waals surface area contributed by atoms with Gasteiger partial charge in [-0.1, -0.05) is 24.0 Å². The Morgan fingerprint density at radius 1 is 1.04 bits per heavy atom. The Kier molecular flexibility index (Phi) is 6.60. The van der Waals surface area contributed by atoms with Gasteiger partial charge in [-0.2, -0.15) is 5.26 Å². The first-order valence-electron chi connectivity index (χ1n) is 8.22. The van der Waals surface area contributed by atoms with E-state index in [0.29, 0.717) is 0 Å². The summed E-state index contributed by atoms with van der Waals surface area (Å²) in [7, 11) is 3.99. The highest BCUT2D eigenvalue weighted by molar-refractivity contribution is 5.97. The number of hydrogen-bond acceptors (Lipinski definition) is 4. The van der Waals surface area contributed by atoms with Crippen LogP contribution in [-0.2, 0) is 9.53 Å². The number of ether oxygens (including phenoxy) is 1. The summed E-state index contributed by atoms with van der Waals surface area (Å²) >= 11 is 0. The lowest BCUT2D eigenvalue weighted by Gasteiger charge is -2.11. The Bertz CT molecular complexity index is 890. The average molecular weight is 344 g/mol. The quantitative estimate of drug-likeness (QED) is 0.368. The number of nitrogens with zero attached hydrogens (tertiary/aromatic N) is 2. The number of esters is 1. The largest absolute Gasteiger partial charge is 0.462 e.